The lowest BCUT2D eigenvalue weighted by Gasteiger charge is -2.17. The molecule has 1 aliphatic carbocycles. The molecule has 2 N–H and O–H groups in total. The van der Waals surface area contributed by atoms with Crippen molar-refractivity contribution in [2.45, 2.75) is 44.8 Å². The average Bonchev–Trinajstić information content (AvgIpc) is 3.18. The van der Waals surface area contributed by atoms with Gasteiger partial charge in [-0.3, -0.25) is 14.4 Å². The smallest absolute Gasteiger partial charge is 0.326 e. The summed E-state index contributed by atoms with van der Waals surface area (Å²) in [5, 5.41) is 7.41. The van der Waals surface area contributed by atoms with Crippen LogP contribution in [0.2, 0.25) is 0 Å². The van der Waals surface area contributed by atoms with E-state index in [2.05, 4.69) is 10.6 Å². The quantitative estimate of drug-likeness (QED) is 0.768. The minimum absolute atomic E-state index is 0.172. The molecule has 0 aliphatic heterocycles. The zero-order valence-corrected chi connectivity index (χ0v) is 15.4. The first-order chi connectivity index (χ1) is 13.0. The summed E-state index contributed by atoms with van der Waals surface area (Å²) in [6.07, 6.45) is 3.28. The van der Waals surface area contributed by atoms with Crippen molar-refractivity contribution in [1.82, 2.24) is 10.6 Å². The fraction of sp³-hybridized carbons (Fsp3) is 0.381. The fourth-order valence-electron chi connectivity index (χ4n) is 3.27. The molecular formula is C21H24N2O4. The maximum atomic E-state index is 12.2. The second-order valence-electron chi connectivity index (χ2n) is 6.87. The number of hydrogen-bond donors (Lipinski definition) is 2. The van der Waals surface area contributed by atoms with E-state index in [0.717, 1.165) is 36.5 Å². The van der Waals surface area contributed by atoms with Gasteiger partial charge < -0.3 is 15.4 Å². The number of amides is 2. The maximum Gasteiger partial charge on any atom is 0.326 e. The van der Waals surface area contributed by atoms with E-state index >= 15 is 0 Å². The van der Waals surface area contributed by atoms with Gasteiger partial charge in [-0.25, -0.2) is 0 Å². The Morgan fingerprint density at radius 1 is 1.07 bits per heavy atom. The zero-order valence-electron chi connectivity index (χ0n) is 15.4. The van der Waals surface area contributed by atoms with E-state index in [1.807, 2.05) is 30.3 Å². The Hall–Kier alpha value is -2.89. The summed E-state index contributed by atoms with van der Waals surface area (Å²) in [4.78, 5) is 36.2. The normalized spacial score (nSPS) is 15.3. The number of carbonyl (C=O) groups is 3. The van der Waals surface area contributed by atoms with Crippen LogP contribution in [0, 0.1) is 0 Å². The summed E-state index contributed by atoms with van der Waals surface area (Å²) >= 11 is 0. The molecule has 1 atom stereocenters. The molecule has 0 heterocycles. The molecule has 2 aromatic carbocycles. The van der Waals surface area contributed by atoms with Crippen LogP contribution in [0.3, 0.4) is 0 Å². The van der Waals surface area contributed by atoms with Crippen LogP contribution >= 0.6 is 0 Å². The SMILES string of the molecule is C[C@H](OC(=O)CNC(=O)c1ccc2ccccc2c1)C(=O)NC1CCCC1. The predicted molar refractivity (Wildman–Crippen MR) is 102 cm³/mol. The molecule has 0 radical (unpaired) electrons. The third-order valence-electron chi connectivity index (χ3n) is 4.78. The summed E-state index contributed by atoms with van der Waals surface area (Å²) < 4.78 is 5.11. The molecule has 6 heteroatoms. The van der Waals surface area contributed by atoms with Crippen LogP contribution < -0.4 is 10.6 Å². The number of nitrogens with one attached hydrogen (secondary N) is 2. The zero-order chi connectivity index (χ0) is 19.2. The van der Waals surface area contributed by atoms with E-state index in [1.165, 1.54) is 6.92 Å². The second-order valence-corrected chi connectivity index (χ2v) is 6.87. The number of carbonyl (C=O) groups excluding carboxylic acids is 3. The van der Waals surface area contributed by atoms with Gasteiger partial charge in [0.15, 0.2) is 6.10 Å². The summed E-state index contributed by atoms with van der Waals surface area (Å²) in [6, 6.07) is 13.2. The fourth-order valence-corrected chi connectivity index (χ4v) is 3.27. The van der Waals surface area contributed by atoms with Crippen LogP contribution in [0.15, 0.2) is 42.5 Å². The first-order valence-corrected chi connectivity index (χ1v) is 9.30. The highest BCUT2D eigenvalue weighted by molar-refractivity contribution is 5.99. The number of benzene rings is 2. The average molecular weight is 368 g/mol. The molecule has 0 aromatic heterocycles. The number of rotatable bonds is 6. The summed E-state index contributed by atoms with van der Waals surface area (Å²) in [5.41, 5.74) is 0.466. The van der Waals surface area contributed by atoms with Crippen molar-refractivity contribution in [3.05, 3.63) is 48.0 Å². The first-order valence-electron chi connectivity index (χ1n) is 9.30. The van der Waals surface area contributed by atoms with Gasteiger partial charge in [-0.15, -0.1) is 0 Å². The van der Waals surface area contributed by atoms with Gasteiger partial charge in [0.25, 0.3) is 11.8 Å². The molecule has 2 amide bonds. The number of esters is 1. The first kappa shape index (κ1) is 18.9. The molecule has 3 rings (SSSR count). The van der Waals surface area contributed by atoms with E-state index in [4.69, 9.17) is 4.74 Å². The summed E-state index contributed by atoms with van der Waals surface area (Å²) in [6.45, 7) is 1.25. The van der Waals surface area contributed by atoms with Crippen molar-refractivity contribution >= 4 is 28.6 Å². The van der Waals surface area contributed by atoms with Crippen molar-refractivity contribution in [3.63, 3.8) is 0 Å². The van der Waals surface area contributed by atoms with Gasteiger partial charge in [-0.1, -0.05) is 43.2 Å². The Kier molecular flexibility index (Phi) is 6.06. The molecule has 0 spiro atoms. The highest BCUT2D eigenvalue weighted by Gasteiger charge is 2.23. The second kappa shape index (κ2) is 8.66. The molecule has 6 nitrogen and oxygen atoms in total. The van der Waals surface area contributed by atoms with Gasteiger partial charge in [0, 0.05) is 11.6 Å². The number of fused-ring (bicyclic) bond motifs is 1. The van der Waals surface area contributed by atoms with Crippen LogP contribution in [0.4, 0.5) is 0 Å². The molecule has 0 saturated heterocycles. The summed E-state index contributed by atoms with van der Waals surface area (Å²) in [5.74, 6) is -1.30. The molecule has 142 valence electrons. The minimum Gasteiger partial charge on any atom is -0.451 e. The lowest BCUT2D eigenvalue weighted by atomic mass is 10.1. The molecule has 0 bridgehead atoms. The van der Waals surface area contributed by atoms with E-state index in [-0.39, 0.29) is 24.4 Å². The van der Waals surface area contributed by atoms with E-state index in [9.17, 15) is 14.4 Å². The standard InChI is InChI=1S/C21H24N2O4/c1-14(20(25)23-18-8-4-5-9-18)27-19(24)13-22-21(26)17-11-10-15-6-2-3-7-16(15)12-17/h2-3,6-7,10-12,14,18H,4-5,8-9,13H2,1H3,(H,22,26)(H,23,25)/t14-/m0/s1. The predicted octanol–water partition coefficient (Wildman–Crippen LogP) is 2.56. The molecule has 1 aliphatic rings. The highest BCUT2D eigenvalue weighted by atomic mass is 16.5. The Morgan fingerprint density at radius 3 is 2.52 bits per heavy atom. The van der Waals surface area contributed by atoms with Crippen molar-refractivity contribution in [2.75, 3.05) is 6.54 Å². The minimum atomic E-state index is -0.879. The Morgan fingerprint density at radius 2 is 1.78 bits per heavy atom. The largest absolute Gasteiger partial charge is 0.451 e. The maximum absolute atomic E-state index is 12.2. The molecule has 27 heavy (non-hydrogen) atoms. The van der Waals surface area contributed by atoms with E-state index < -0.39 is 12.1 Å². The monoisotopic (exact) mass is 368 g/mol. The third kappa shape index (κ3) is 5.06. The van der Waals surface area contributed by atoms with Crippen molar-refractivity contribution in [1.29, 1.82) is 0 Å². The molecular weight excluding hydrogens is 344 g/mol. The lowest BCUT2D eigenvalue weighted by Crippen LogP contribution is -2.42. The summed E-state index contributed by atoms with van der Waals surface area (Å²) in [7, 11) is 0. The Labute approximate surface area is 158 Å². The Bertz CT molecular complexity index is 843. The highest BCUT2D eigenvalue weighted by Crippen LogP contribution is 2.18. The van der Waals surface area contributed by atoms with Gasteiger partial charge in [0.1, 0.15) is 6.54 Å². The van der Waals surface area contributed by atoms with Crippen LogP contribution in [-0.2, 0) is 14.3 Å². The molecule has 0 unspecified atom stereocenters. The van der Waals surface area contributed by atoms with Gasteiger partial charge in [0.05, 0.1) is 0 Å². The third-order valence-corrected chi connectivity index (χ3v) is 4.78. The van der Waals surface area contributed by atoms with Crippen LogP contribution in [0.1, 0.15) is 43.0 Å². The van der Waals surface area contributed by atoms with Crippen molar-refractivity contribution < 1.29 is 19.1 Å². The van der Waals surface area contributed by atoms with Crippen molar-refractivity contribution in [2.24, 2.45) is 0 Å². The van der Waals surface area contributed by atoms with Gasteiger partial charge in [0.2, 0.25) is 0 Å². The van der Waals surface area contributed by atoms with Crippen LogP contribution in [0.5, 0.6) is 0 Å². The van der Waals surface area contributed by atoms with Crippen LogP contribution in [0.25, 0.3) is 10.8 Å². The lowest BCUT2D eigenvalue weighted by molar-refractivity contribution is -0.154. The molecule has 1 saturated carbocycles. The van der Waals surface area contributed by atoms with E-state index in [1.54, 1.807) is 12.1 Å². The molecule has 1 fully saturated rings. The topological polar surface area (TPSA) is 84.5 Å². The van der Waals surface area contributed by atoms with Crippen LogP contribution in [-0.4, -0.2) is 36.5 Å². The van der Waals surface area contributed by atoms with Gasteiger partial charge in [-0.2, -0.15) is 0 Å². The van der Waals surface area contributed by atoms with Crippen molar-refractivity contribution in [3.8, 4) is 0 Å². The number of hydrogen-bond acceptors (Lipinski definition) is 4. The molecule has 2 aromatic rings. The van der Waals surface area contributed by atoms with E-state index in [0.29, 0.717) is 5.56 Å². The number of ether oxygens (including phenoxy) is 1. The van der Waals surface area contributed by atoms with Gasteiger partial charge in [-0.05, 0) is 42.7 Å². The van der Waals surface area contributed by atoms with Gasteiger partial charge >= 0.3 is 5.97 Å². The Balaban J connectivity index is 1.47.